The van der Waals surface area contributed by atoms with Gasteiger partial charge in [0.1, 0.15) is 5.88 Å². The van der Waals surface area contributed by atoms with Gasteiger partial charge in [-0.25, -0.2) is 5.43 Å². The summed E-state index contributed by atoms with van der Waals surface area (Å²) in [6, 6.07) is 9.60. The zero-order chi connectivity index (χ0) is 10.4. The van der Waals surface area contributed by atoms with E-state index in [1.165, 1.54) is 0 Å². The Morgan fingerprint density at radius 3 is 2.64 bits per heavy atom. The van der Waals surface area contributed by atoms with E-state index < -0.39 is 0 Å². The van der Waals surface area contributed by atoms with Crippen LogP contribution in [0.15, 0.2) is 35.4 Å². The van der Waals surface area contributed by atoms with E-state index in [-0.39, 0.29) is 11.8 Å². The third kappa shape index (κ3) is 3.18. The maximum absolute atomic E-state index is 10.8. The quantitative estimate of drug-likeness (QED) is 0.461. The highest BCUT2D eigenvalue weighted by Crippen LogP contribution is 1.99. The highest BCUT2D eigenvalue weighted by Gasteiger charge is 1.97. The summed E-state index contributed by atoms with van der Waals surface area (Å²) in [6.07, 6.45) is 0. The predicted octanol–water partition coefficient (Wildman–Crippen LogP) is 1.77. The minimum Gasteiger partial charge on any atom is -0.272 e. The SMILES string of the molecule is CC(=NNC(=O)CCl)c1ccccc1. The van der Waals surface area contributed by atoms with Gasteiger partial charge in [0.25, 0.3) is 5.91 Å². The Hall–Kier alpha value is -1.35. The first-order valence-corrected chi connectivity index (χ1v) is 4.72. The molecule has 1 aromatic rings. The van der Waals surface area contributed by atoms with Crippen molar-refractivity contribution >= 4 is 23.2 Å². The van der Waals surface area contributed by atoms with Crippen LogP contribution in [0.3, 0.4) is 0 Å². The lowest BCUT2D eigenvalue weighted by Gasteiger charge is -2.00. The molecule has 14 heavy (non-hydrogen) atoms. The molecule has 0 fully saturated rings. The number of nitrogens with one attached hydrogen (secondary N) is 1. The second-order valence-electron chi connectivity index (χ2n) is 2.73. The molecule has 0 aliphatic rings. The molecule has 0 aliphatic carbocycles. The number of carbonyl (C=O) groups excluding carboxylic acids is 1. The lowest BCUT2D eigenvalue weighted by Crippen LogP contribution is -2.20. The van der Waals surface area contributed by atoms with E-state index in [1.54, 1.807) is 0 Å². The molecule has 74 valence electrons. The van der Waals surface area contributed by atoms with Crippen molar-refractivity contribution in [3.63, 3.8) is 0 Å². The van der Waals surface area contributed by atoms with Gasteiger partial charge in [-0.3, -0.25) is 4.79 Å². The molecule has 1 N–H and O–H groups in total. The van der Waals surface area contributed by atoms with Gasteiger partial charge >= 0.3 is 0 Å². The van der Waals surface area contributed by atoms with Gasteiger partial charge < -0.3 is 0 Å². The Balaban J connectivity index is 2.66. The molecule has 0 bridgehead atoms. The third-order valence-corrected chi connectivity index (χ3v) is 1.90. The van der Waals surface area contributed by atoms with Crippen LogP contribution in [0, 0.1) is 0 Å². The number of halogens is 1. The highest BCUT2D eigenvalue weighted by molar-refractivity contribution is 6.27. The summed E-state index contributed by atoms with van der Waals surface area (Å²) in [5.41, 5.74) is 4.08. The zero-order valence-electron chi connectivity index (χ0n) is 7.83. The van der Waals surface area contributed by atoms with Crippen molar-refractivity contribution in [3.05, 3.63) is 35.9 Å². The Morgan fingerprint density at radius 2 is 2.07 bits per heavy atom. The number of nitrogens with zero attached hydrogens (tertiary/aromatic N) is 1. The number of hydrogen-bond donors (Lipinski definition) is 1. The van der Waals surface area contributed by atoms with E-state index in [9.17, 15) is 4.79 Å². The van der Waals surface area contributed by atoms with Gasteiger partial charge in [-0.1, -0.05) is 30.3 Å². The maximum atomic E-state index is 10.8. The monoisotopic (exact) mass is 210 g/mol. The van der Waals surface area contributed by atoms with Crippen LogP contribution in [0.1, 0.15) is 12.5 Å². The average Bonchev–Trinajstić information content (AvgIpc) is 2.26. The maximum Gasteiger partial charge on any atom is 0.254 e. The first kappa shape index (κ1) is 10.7. The van der Waals surface area contributed by atoms with E-state index >= 15 is 0 Å². The Kier molecular flexibility index (Phi) is 4.13. The van der Waals surface area contributed by atoms with Crippen molar-refractivity contribution < 1.29 is 4.79 Å². The normalized spacial score (nSPS) is 11.1. The molecule has 0 spiro atoms. The van der Waals surface area contributed by atoms with E-state index in [4.69, 9.17) is 11.6 Å². The van der Waals surface area contributed by atoms with E-state index in [2.05, 4.69) is 10.5 Å². The molecule has 1 rings (SSSR count). The molecule has 0 saturated carbocycles. The fourth-order valence-corrected chi connectivity index (χ4v) is 0.980. The zero-order valence-corrected chi connectivity index (χ0v) is 8.58. The number of amides is 1. The molecule has 3 nitrogen and oxygen atoms in total. The second kappa shape index (κ2) is 5.40. The van der Waals surface area contributed by atoms with Crippen LogP contribution < -0.4 is 5.43 Å². The Morgan fingerprint density at radius 1 is 1.43 bits per heavy atom. The summed E-state index contributed by atoms with van der Waals surface area (Å²) < 4.78 is 0. The number of benzene rings is 1. The molecule has 1 aromatic carbocycles. The Labute approximate surface area is 87.8 Å². The van der Waals surface area contributed by atoms with E-state index in [0.717, 1.165) is 11.3 Å². The number of rotatable bonds is 3. The molecular formula is C10H11ClN2O. The highest BCUT2D eigenvalue weighted by atomic mass is 35.5. The minimum atomic E-state index is -0.304. The van der Waals surface area contributed by atoms with E-state index in [1.807, 2.05) is 37.3 Å². The van der Waals surface area contributed by atoms with Crippen LogP contribution in [0.5, 0.6) is 0 Å². The summed E-state index contributed by atoms with van der Waals surface area (Å²) in [7, 11) is 0. The third-order valence-electron chi connectivity index (χ3n) is 1.66. The fourth-order valence-electron chi connectivity index (χ4n) is 0.920. The predicted molar refractivity (Wildman–Crippen MR) is 57.5 cm³/mol. The summed E-state index contributed by atoms with van der Waals surface area (Å²) in [6.45, 7) is 1.82. The van der Waals surface area contributed by atoms with E-state index in [0.29, 0.717) is 0 Å². The molecule has 0 aliphatic heterocycles. The molecule has 0 unspecified atom stereocenters. The van der Waals surface area contributed by atoms with Crippen LogP contribution in [0.25, 0.3) is 0 Å². The minimum absolute atomic E-state index is 0.0778. The molecule has 0 atom stereocenters. The summed E-state index contributed by atoms with van der Waals surface area (Å²) >= 11 is 5.30. The van der Waals surface area contributed by atoms with Crippen LogP contribution in [0.4, 0.5) is 0 Å². The van der Waals surface area contributed by atoms with Crippen LogP contribution in [-0.4, -0.2) is 17.5 Å². The number of hydrogen-bond acceptors (Lipinski definition) is 2. The first-order chi connectivity index (χ1) is 6.74. The molecule has 0 saturated heterocycles. The van der Waals surface area contributed by atoms with Crippen LogP contribution in [0.2, 0.25) is 0 Å². The first-order valence-electron chi connectivity index (χ1n) is 4.18. The largest absolute Gasteiger partial charge is 0.272 e. The smallest absolute Gasteiger partial charge is 0.254 e. The second-order valence-corrected chi connectivity index (χ2v) is 3.00. The molecule has 4 heteroatoms. The number of alkyl halides is 1. The van der Waals surface area contributed by atoms with Crippen molar-refractivity contribution in [2.75, 3.05) is 5.88 Å². The average molecular weight is 211 g/mol. The lowest BCUT2D eigenvalue weighted by atomic mass is 10.1. The molecule has 0 radical (unpaired) electrons. The van der Waals surface area contributed by atoms with Gasteiger partial charge in [-0.05, 0) is 12.5 Å². The summed E-state index contributed by atoms with van der Waals surface area (Å²) in [5.74, 6) is -0.382. The number of hydrazone groups is 1. The van der Waals surface area contributed by atoms with Gasteiger partial charge in [-0.2, -0.15) is 5.10 Å². The molecular weight excluding hydrogens is 200 g/mol. The number of carbonyl (C=O) groups is 1. The standard InChI is InChI=1S/C10H11ClN2O/c1-8(12-13-10(14)7-11)9-5-3-2-4-6-9/h2-6H,7H2,1H3,(H,13,14). The summed E-state index contributed by atoms with van der Waals surface area (Å²) in [4.78, 5) is 10.8. The Bertz CT molecular complexity index is 335. The van der Waals surface area contributed by atoms with Crippen molar-refractivity contribution in [3.8, 4) is 0 Å². The van der Waals surface area contributed by atoms with Crippen molar-refractivity contribution in [2.45, 2.75) is 6.92 Å². The van der Waals surface area contributed by atoms with Crippen LogP contribution in [-0.2, 0) is 4.79 Å². The van der Waals surface area contributed by atoms with Gasteiger partial charge in [0.15, 0.2) is 0 Å². The summed E-state index contributed by atoms with van der Waals surface area (Å²) in [5, 5.41) is 3.90. The molecule has 1 amide bonds. The van der Waals surface area contributed by atoms with Gasteiger partial charge in [-0.15, -0.1) is 11.6 Å². The van der Waals surface area contributed by atoms with Gasteiger partial charge in [0.2, 0.25) is 0 Å². The van der Waals surface area contributed by atoms with Crippen molar-refractivity contribution in [1.29, 1.82) is 0 Å². The van der Waals surface area contributed by atoms with Gasteiger partial charge in [0, 0.05) is 0 Å². The van der Waals surface area contributed by atoms with Crippen LogP contribution >= 0.6 is 11.6 Å². The molecule has 0 heterocycles. The van der Waals surface area contributed by atoms with Gasteiger partial charge in [0.05, 0.1) is 5.71 Å². The fraction of sp³-hybridized carbons (Fsp3) is 0.200. The van der Waals surface area contributed by atoms with Crippen molar-refractivity contribution in [1.82, 2.24) is 5.43 Å². The lowest BCUT2D eigenvalue weighted by molar-refractivity contribution is -0.118. The van der Waals surface area contributed by atoms with Crippen molar-refractivity contribution in [2.24, 2.45) is 5.10 Å². The molecule has 0 aromatic heterocycles. The topological polar surface area (TPSA) is 41.5 Å².